The van der Waals surface area contributed by atoms with E-state index in [2.05, 4.69) is 31.2 Å². The summed E-state index contributed by atoms with van der Waals surface area (Å²) in [5.41, 5.74) is 8.34. The van der Waals surface area contributed by atoms with Gasteiger partial charge in [0.05, 0.1) is 22.9 Å². The third kappa shape index (κ3) is 1.82. The monoisotopic (exact) mass is 355 g/mol. The summed E-state index contributed by atoms with van der Waals surface area (Å²) >= 11 is 3.42. The van der Waals surface area contributed by atoms with E-state index in [0.717, 1.165) is 32.0 Å². The summed E-state index contributed by atoms with van der Waals surface area (Å²) in [6.07, 6.45) is 1.69. The van der Waals surface area contributed by atoms with Crippen LogP contribution in [0.1, 0.15) is 10.5 Å². The quantitative estimate of drug-likeness (QED) is 0.579. The van der Waals surface area contributed by atoms with Gasteiger partial charge in [0.25, 0.3) is 5.91 Å². The number of halogens is 1. The average Bonchev–Trinajstić information content (AvgIpc) is 3.11. The maximum absolute atomic E-state index is 11.7. The normalized spacial score (nSPS) is 11.3. The van der Waals surface area contributed by atoms with Gasteiger partial charge in [-0.25, -0.2) is 0 Å². The Morgan fingerprint density at radius 1 is 1.14 bits per heavy atom. The Morgan fingerprint density at radius 3 is 2.64 bits per heavy atom. The van der Waals surface area contributed by atoms with Crippen LogP contribution in [0.2, 0.25) is 0 Å². The Kier molecular flexibility index (Phi) is 2.77. The molecule has 6 nitrogen and oxygen atoms in total. The van der Waals surface area contributed by atoms with Gasteiger partial charge in [-0.05, 0) is 36.4 Å². The number of benzene rings is 2. The molecule has 4 aromatic rings. The Labute approximate surface area is 133 Å². The maximum atomic E-state index is 11.7. The SMILES string of the molecule is NC(=O)c1[nH]n(-c2ccc(Br)cc2)c2c1ccc1nncc12. The molecule has 0 saturated heterocycles. The molecule has 22 heavy (non-hydrogen) atoms. The largest absolute Gasteiger partial charge is 0.364 e. The van der Waals surface area contributed by atoms with Crippen molar-refractivity contribution in [2.75, 3.05) is 0 Å². The minimum absolute atomic E-state index is 0.362. The molecule has 1 amide bonds. The number of rotatable bonds is 2. The van der Waals surface area contributed by atoms with Crippen LogP contribution in [0, 0.1) is 0 Å². The number of carbonyl (C=O) groups excluding carboxylic acids is 1. The zero-order chi connectivity index (χ0) is 15.3. The third-order valence-electron chi connectivity index (χ3n) is 3.59. The molecule has 0 atom stereocenters. The van der Waals surface area contributed by atoms with E-state index in [1.807, 2.05) is 41.1 Å². The first-order valence-corrected chi connectivity index (χ1v) is 7.35. The van der Waals surface area contributed by atoms with Crippen molar-refractivity contribution in [1.29, 1.82) is 0 Å². The highest BCUT2D eigenvalue weighted by atomic mass is 79.9. The zero-order valence-electron chi connectivity index (χ0n) is 11.2. The molecule has 0 aliphatic carbocycles. The van der Waals surface area contributed by atoms with E-state index < -0.39 is 5.91 Å². The molecule has 0 radical (unpaired) electrons. The van der Waals surface area contributed by atoms with Crippen molar-refractivity contribution >= 4 is 43.6 Å². The molecule has 0 aliphatic heterocycles. The van der Waals surface area contributed by atoms with E-state index in [1.54, 1.807) is 6.20 Å². The smallest absolute Gasteiger partial charge is 0.267 e. The number of aromatic nitrogens is 4. The molecule has 2 heterocycles. The van der Waals surface area contributed by atoms with Gasteiger partial charge in [-0.2, -0.15) is 10.2 Å². The second-order valence-corrected chi connectivity index (χ2v) is 5.82. The van der Waals surface area contributed by atoms with Crippen molar-refractivity contribution in [3.05, 3.63) is 52.8 Å². The second-order valence-electron chi connectivity index (χ2n) is 4.90. The van der Waals surface area contributed by atoms with E-state index in [9.17, 15) is 4.79 Å². The molecule has 4 rings (SSSR count). The number of nitrogens with two attached hydrogens (primary N) is 1. The van der Waals surface area contributed by atoms with Crippen LogP contribution in [0.5, 0.6) is 0 Å². The van der Waals surface area contributed by atoms with Gasteiger partial charge in [-0.3, -0.25) is 14.6 Å². The van der Waals surface area contributed by atoms with Gasteiger partial charge in [-0.1, -0.05) is 15.9 Å². The molecule has 3 N–H and O–H groups in total. The van der Waals surface area contributed by atoms with Crippen LogP contribution in [0.25, 0.3) is 27.5 Å². The molecule has 0 aliphatic rings. The van der Waals surface area contributed by atoms with Crippen LogP contribution < -0.4 is 5.73 Å². The molecule has 0 saturated carbocycles. The molecular formula is C15H10BrN5O. The number of amides is 1. The fourth-order valence-electron chi connectivity index (χ4n) is 2.60. The van der Waals surface area contributed by atoms with Crippen LogP contribution in [0.15, 0.2) is 47.1 Å². The van der Waals surface area contributed by atoms with Crippen LogP contribution in [0.3, 0.4) is 0 Å². The highest BCUT2D eigenvalue weighted by molar-refractivity contribution is 9.10. The molecule has 0 unspecified atom stereocenters. The highest BCUT2D eigenvalue weighted by Gasteiger charge is 2.17. The Bertz CT molecular complexity index is 1020. The Hall–Kier alpha value is -2.67. The van der Waals surface area contributed by atoms with Crippen LogP contribution >= 0.6 is 15.9 Å². The van der Waals surface area contributed by atoms with Crippen molar-refractivity contribution in [3.63, 3.8) is 0 Å². The zero-order valence-corrected chi connectivity index (χ0v) is 12.8. The van der Waals surface area contributed by atoms with Crippen molar-refractivity contribution in [2.45, 2.75) is 0 Å². The highest BCUT2D eigenvalue weighted by Crippen LogP contribution is 2.29. The maximum Gasteiger partial charge on any atom is 0.267 e. The number of carbonyl (C=O) groups is 1. The average molecular weight is 356 g/mol. The van der Waals surface area contributed by atoms with Gasteiger partial charge < -0.3 is 5.73 Å². The van der Waals surface area contributed by atoms with E-state index in [-0.39, 0.29) is 0 Å². The first kappa shape index (κ1) is 13.0. The van der Waals surface area contributed by atoms with E-state index in [0.29, 0.717) is 5.69 Å². The van der Waals surface area contributed by atoms with Crippen LogP contribution in [0.4, 0.5) is 0 Å². The minimum Gasteiger partial charge on any atom is -0.364 e. The summed E-state index contributed by atoms with van der Waals surface area (Å²) in [6.45, 7) is 0. The first-order valence-electron chi connectivity index (χ1n) is 6.56. The number of fused-ring (bicyclic) bond motifs is 3. The Balaban J connectivity index is 2.14. The van der Waals surface area contributed by atoms with Gasteiger partial charge >= 0.3 is 0 Å². The van der Waals surface area contributed by atoms with Gasteiger partial charge in [0.1, 0.15) is 5.69 Å². The molecule has 7 heteroatoms. The van der Waals surface area contributed by atoms with Crippen molar-refractivity contribution in [1.82, 2.24) is 20.0 Å². The van der Waals surface area contributed by atoms with E-state index in [4.69, 9.17) is 5.73 Å². The molecule has 108 valence electrons. The minimum atomic E-state index is -0.507. The number of nitrogens with one attached hydrogen (secondary N) is 1. The number of hydrogen-bond donors (Lipinski definition) is 2. The molecular weight excluding hydrogens is 346 g/mol. The molecule has 0 fully saturated rings. The summed E-state index contributed by atoms with van der Waals surface area (Å²) in [6, 6.07) is 11.4. The first-order chi connectivity index (χ1) is 10.6. The predicted octanol–water partition coefficient (Wildman–Crippen LogP) is 2.76. The topological polar surface area (TPSA) is 89.6 Å². The van der Waals surface area contributed by atoms with E-state index in [1.165, 1.54) is 0 Å². The van der Waals surface area contributed by atoms with Crippen LogP contribution in [-0.2, 0) is 0 Å². The lowest BCUT2D eigenvalue weighted by atomic mass is 10.1. The van der Waals surface area contributed by atoms with Crippen molar-refractivity contribution < 1.29 is 4.79 Å². The summed E-state index contributed by atoms with van der Waals surface area (Å²) in [7, 11) is 0. The fourth-order valence-corrected chi connectivity index (χ4v) is 2.87. The van der Waals surface area contributed by atoms with Crippen LogP contribution in [-0.4, -0.2) is 25.9 Å². The summed E-state index contributed by atoms with van der Waals surface area (Å²) in [5, 5.41) is 12.7. The summed E-state index contributed by atoms with van der Waals surface area (Å²) in [5.74, 6) is -0.507. The van der Waals surface area contributed by atoms with Gasteiger partial charge in [0, 0.05) is 15.2 Å². The predicted molar refractivity (Wildman–Crippen MR) is 86.9 cm³/mol. The molecule has 2 aromatic carbocycles. The lowest BCUT2D eigenvalue weighted by Crippen LogP contribution is -2.12. The summed E-state index contributed by atoms with van der Waals surface area (Å²) < 4.78 is 2.80. The van der Waals surface area contributed by atoms with E-state index >= 15 is 0 Å². The lowest BCUT2D eigenvalue weighted by Gasteiger charge is -2.05. The van der Waals surface area contributed by atoms with Gasteiger partial charge in [0.15, 0.2) is 0 Å². The number of primary amides is 1. The Morgan fingerprint density at radius 2 is 1.91 bits per heavy atom. The lowest BCUT2D eigenvalue weighted by molar-refractivity contribution is 0.0996. The number of hydrogen-bond acceptors (Lipinski definition) is 3. The standard InChI is InChI=1S/C15H10BrN5O/c16-8-1-3-9(4-2-8)21-14-10(13(20-21)15(17)22)5-6-12-11(14)7-18-19-12/h1-7,20H,(H2,17,22). The third-order valence-corrected chi connectivity index (χ3v) is 4.12. The van der Waals surface area contributed by atoms with Crippen molar-refractivity contribution in [3.8, 4) is 5.69 Å². The molecule has 0 bridgehead atoms. The molecule has 2 aromatic heterocycles. The summed E-state index contributed by atoms with van der Waals surface area (Å²) in [4.78, 5) is 11.7. The number of H-pyrrole nitrogens is 1. The van der Waals surface area contributed by atoms with Crippen molar-refractivity contribution in [2.24, 2.45) is 5.73 Å². The second kappa shape index (κ2) is 4.67. The fraction of sp³-hybridized carbons (Fsp3) is 0. The molecule has 0 spiro atoms. The number of nitrogens with zero attached hydrogens (tertiary/aromatic N) is 3. The number of aromatic amines is 1. The van der Waals surface area contributed by atoms with Gasteiger partial charge in [-0.15, -0.1) is 0 Å². The van der Waals surface area contributed by atoms with Gasteiger partial charge in [0.2, 0.25) is 0 Å².